The van der Waals surface area contributed by atoms with Crippen molar-refractivity contribution in [1.82, 2.24) is 10.3 Å². The van der Waals surface area contributed by atoms with Crippen LogP contribution >= 0.6 is 11.3 Å². The number of ketones is 1. The Bertz CT molecular complexity index is 1670. The van der Waals surface area contributed by atoms with Gasteiger partial charge in [0.05, 0.1) is 0 Å². The van der Waals surface area contributed by atoms with Crippen LogP contribution in [0.3, 0.4) is 0 Å². The Morgan fingerprint density at radius 2 is 1.64 bits per heavy atom. The van der Waals surface area contributed by atoms with E-state index in [0.29, 0.717) is 29.4 Å². The molecule has 1 atom stereocenters. The van der Waals surface area contributed by atoms with E-state index < -0.39 is 17.9 Å². The van der Waals surface area contributed by atoms with E-state index in [1.54, 1.807) is 23.5 Å². The van der Waals surface area contributed by atoms with Crippen LogP contribution in [0.2, 0.25) is 0 Å². The Morgan fingerprint density at radius 1 is 0.955 bits per heavy atom. The zero-order valence-electron chi connectivity index (χ0n) is 26.3. The van der Waals surface area contributed by atoms with E-state index in [1.807, 2.05) is 48.5 Å². The maximum absolute atomic E-state index is 13.5. The first-order chi connectivity index (χ1) is 20.9. The fraction of sp³-hybridized carbons (Fsp3) is 0.405. The van der Waals surface area contributed by atoms with Crippen molar-refractivity contribution in [3.05, 3.63) is 98.5 Å². The van der Waals surface area contributed by atoms with Gasteiger partial charge in [0.25, 0.3) is 5.91 Å². The normalized spacial score (nSPS) is 14.7. The number of hydrogen-bond acceptors (Lipinski definition) is 5. The summed E-state index contributed by atoms with van der Waals surface area (Å²) in [6, 6.07) is 18.0. The molecule has 1 saturated carbocycles. The summed E-state index contributed by atoms with van der Waals surface area (Å²) in [5, 5.41) is 14.3. The quantitative estimate of drug-likeness (QED) is 0.177. The molecule has 0 radical (unpaired) electrons. The Kier molecular flexibility index (Phi) is 9.35. The second-order valence-corrected chi connectivity index (χ2v) is 14.6. The lowest BCUT2D eigenvalue weighted by Gasteiger charge is -2.19. The summed E-state index contributed by atoms with van der Waals surface area (Å²) in [7, 11) is 0. The van der Waals surface area contributed by atoms with Gasteiger partial charge in [-0.15, -0.1) is 11.3 Å². The van der Waals surface area contributed by atoms with E-state index in [2.05, 4.69) is 39.9 Å². The van der Waals surface area contributed by atoms with Crippen LogP contribution in [0.25, 0.3) is 10.8 Å². The third-order valence-electron chi connectivity index (χ3n) is 8.64. The molecule has 2 aromatic carbocycles. The molecule has 2 N–H and O–H groups in total. The number of fused-ring (bicyclic) bond motifs is 1. The molecule has 1 aliphatic carbocycles. The third kappa shape index (κ3) is 7.27. The molecule has 2 heterocycles. The molecule has 0 saturated heterocycles. The van der Waals surface area contributed by atoms with Gasteiger partial charge in [-0.1, -0.05) is 96.7 Å². The van der Waals surface area contributed by atoms with Gasteiger partial charge >= 0.3 is 5.97 Å². The highest BCUT2D eigenvalue weighted by Crippen LogP contribution is 2.31. The summed E-state index contributed by atoms with van der Waals surface area (Å²) in [6.07, 6.45) is 5.50. The lowest BCUT2D eigenvalue weighted by molar-refractivity contribution is -0.139. The number of amides is 1. The molecule has 1 aliphatic rings. The van der Waals surface area contributed by atoms with Crippen LogP contribution in [0.15, 0.2) is 60.7 Å². The highest BCUT2D eigenvalue weighted by Gasteiger charge is 2.25. The molecule has 1 fully saturated rings. The summed E-state index contributed by atoms with van der Waals surface area (Å²) in [4.78, 5) is 46.0. The Balaban J connectivity index is 1.44. The van der Waals surface area contributed by atoms with Crippen LogP contribution in [-0.4, -0.2) is 33.8 Å². The number of carboxylic acids is 1. The number of thiophene rings is 1. The number of carboxylic acid groups (broad SMARTS) is 1. The van der Waals surface area contributed by atoms with Crippen molar-refractivity contribution in [2.24, 2.45) is 5.92 Å². The molecule has 1 amide bonds. The molecule has 1 unspecified atom stereocenters. The number of rotatable bonds is 10. The van der Waals surface area contributed by atoms with Crippen molar-refractivity contribution in [3.63, 3.8) is 0 Å². The van der Waals surface area contributed by atoms with Gasteiger partial charge in [-0.05, 0) is 58.9 Å². The van der Waals surface area contributed by atoms with Gasteiger partial charge < -0.3 is 10.4 Å². The Morgan fingerprint density at radius 3 is 2.25 bits per heavy atom. The van der Waals surface area contributed by atoms with E-state index in [1.165, 1.54) is 23.3 Å². The van der Waals surface area contributed by atoms with Gasteiger partial charge in [-0.25, -0.2) is 9.78 Å². The number of aliphatic carboxylic acids is 1. The van der Waals surface area contributed by atoms with Crippen LogP contribution in [0, 0.1) is 5.92 Å². The zero-order chi connectivity index (χ0) is 31.6. The molecular weight excluding hydrogens is 568 g/mol. The van der Waals surface area contributed by atoms with Crippen molar-refractivity contribution in [1.29, 1.82) is 0 Å². The first-order valence-electron chi connectivity index (χ1n) is 15.6. The number of aromatic nitrogens is 1. The van der Waals surface area contributed by atoms with E-state index in [-0.39, 0.29) is 23.3 Å². The second kappa shape index (κ2) is 13.0. The van der Waals surface area contributed by atoms with Crippen LogP contribution < -0.4 is 5.32 Å². The number of nitrogens with one attached hydrogen (secondary N) is 1. The van der Waals surface area contributed by atoms with Crippen molar-refractivity contribution in [2.75, 3.05) is 0 Å². The lowest BCUT2D eigenvalue weighted by atomic mass is 9.86. The van der Waals surface area contributed by atoms with Crippen molar-refractivity contribution in [3.8, 4) is 0 Å². The summed E-state index contributed by atoms with van der Waals surface area (Å²) in [6.45, 7) is 10.6. The number of carbonyl (C=O) groups excluding carboxylic acids is 2. The van der Waals surface area contributed by atoms with Gasteiger partial charge in [0, 0.05) is 38.4 Å². The smallest absolute Gasteiger partial charge is 0.326 e. The van der Waals surface area contributed by atoms with Crippen molar-refractivity contribution < 1.29 is 19.5 Å². The molecule has 6 nitrogen and oxygen atoms in total. The van der Waals surface area contributed by atoms with E-state index in [9.17, 15) is 19.5 Å². The summed E-state index contributed by atoms with van der Waals surface area (Å²) < 4.78 is 0. The monoisotopic (exact) mass is 610 g/mol. The molecule has 44 heavy (non-hydrogen) atoms. The molecule has 2 aromatic heterocycles. The number of pyridine rings is 1. The molecule has 4 aromatic rings. The predicted molar refractivity (Wildman–Crippen MR) is 177 cm³/mol. The topological polar surface area (TPSA) is 96.4 Å². The number of hydrogen-bond donors (Lipinski definition) is 2. The minimum Gasteiger partial charge on any atom is -0.480 e. The van der Waals surface area contributed by atoms with Crippen molar-refractivity contribution in [2.45, 2.75) is 90.5 Å². The standard InChI is InChI=1S/C37H42N2O4S/c1-22(2)33-17-16-28(44-33)21-32(36(42)43)39-35(41)31-20-25-10-11-26(19-29(25)30(38-31)18-23-8-6-7-9-23)34(40)24-12-14-27(15-13-24)37(3,4)5/h10-17,19-20,22-23,32H,6-9,18,21H2,1-5H3,(H,39,41)(H,42,43). The SMILES string of the molecule is CC(C)c1ccc(CC(NC(=O)c2cc3ccc(C(=O)c4ccc(C(C)(C)C)cc4)cc3c(CC3CCCC3)n2)C(=O)O)s1. The largest absolute Gasteiger partial charge is 0.480 e. The average molecular weight is 611 g/mol. The summed E-state index contributed by atoms with van der Waals surface area (Å²) in [5.74, 6) is -0.819. The van der Waals surface area contributed by atoms with E-state index in [4.69, 9.17) is 4.98 Å². The third-order valence-corrected chi connectivity index (χ3v) is 10.0. The fourth-order valence-corrected chi connectivity index (χ4v) is 7.02. The summed E-state index contributed by atoms with van der Waals surface area (Å²) >= 11 is 1.58. The fourth-order valence-electron chi connectivity index (χ4n) is 5.95. The predicted octanol–water partition coefficient (Wildman–Crippen LogP) is 8.11. The highest BCUT2D eigenvalue weighted by molar-refractivity contribution is 7.12. The van der Waals surface area contributed by atoms with Crippen LogP contribution in [0.5, 0.6) is 0 Å². The second-order valence-electron chi connectivity index (χ2n) is 13.4. The van der Waals surface area contributed by atoms with Crippen LogP contribution in [-0.2, 0) is 23.1 Å². The van der Waals surface area contributed by atoms with Crippen molar-refractivity contribution >= 4 is 39.8 Å². The number of carbonyl (C=O) groups is 3. The zero-order valence-corrected chi connectivity index (χ0v) is 27.1. The molecule has 7 heteroatoms. The van der Waals surface area contributed by atoms with E-state index >= 15 is 0 Å². The molecular formula is C37H42N2O4S. The Hall–Kier alpha value is -3.84. The van der Waals surface area contributed by atoms with Gasteiger partial charge in [-0.2, -0.15) is 0 Å². The van der Waals surface area contributed by atoms with Crippen LogP contribution in [0.4, 0.5) is 0 Å². The van der Waals surface area contributed by atoms with Gasteiger partial charge in [0.1, 0.15) is 11.7 Å². The maximum Gasteiger partial charge on any atom is 0.326 e. The molecule has 230 valence electrons. The van der Waals surface area contributed by atoms with Crippen LogP contribution in [0.1, 0.15) is 114 Å². The van der Waals surface area contributed by atoms with Gasteiger partial charge in [0.15, 0.2) is 5.78 Å². The highest BCUT2D eigenvalue weighted by atomic mass is 32.1. The number of nitrogens with zero attached hydrogens (tertiary/aromatic N) is 1. The first-order valence-corrected chi connectivity index (χ1v) is 16.4. The summed E-state index contributed by atoms with van der Waals surface area (Å²) in [5.41, 5.74) is 3.36. The molecule has 5 rings (SSSR count). The molecule has 0 bridgehead atoms. The Labute approximate surface area is 263 Å². The number of benzene rings is 2. The van der Waals surface area contributed by atoms with Gasteiger partial charge in [0.2, 0.25) is 0 Å². The first kappa shape index (κ1) is 31.6. The minimum atomic E-state index is -1.08. The maximum atomic E-state index is 13.5. The van der Waals surface area contributed by atoms with Gasteiger partial charge in [-0.3, -0.25) is 9.59 Å². The average Bonchev–Trinajstić information content (AvgIpc) is 3.68. The minimum absolute atomic E-state index is 0.00106. The molecule has 0 aliphatic heterocycles. The molecule has 0 spiro atoms. The lowest BCUT2D eigenvalue weighted by Crippen LogP contribution is -2.42. The van der Waals surface area contributed by atoms with E-state index in [0.717, 1.165) is 34.2 Å².